The highest BCUT2D eigenvalue weighted by atomic mass is 32.3. The molecule has 2 saturated carbocycles. The van der Waals surface area contributed by atoms with Crippen molar-refractivity contribution in [2.24, 2.45) is 34.5 Å². The molecule has 3 fully saturated rings. The highest BCUT2D eigenvalue weighted by Crippen LogP contribution is 2.55. The minimum Gasteiger partial charge on any atom is -0.742 e. The summed E-state index contributed by atoms with van der Waals surface area (Å²) >= 11 is 0. The molecular weight excluding hydrogens is 1780 g/mol. The molecule has 13 rings (SSSR count). The molecule has 2 aliphatic carbocycles. The molecule has 0 radical (unpaired) electrons. The molecule has 134 heavy (non-hydrogen) atoms. The number of methoxy groups -OCH3 is 1. The summed E-state index contributed by atoms with van der Waals surface area (Å²) in [6.07, 6.45) is 1.34. The van der Waals surface area contributed by atoms with Crippen molar-refractivity contribution in [1.82, 2.24) is 0 Å². The van der Waals surface area contributed by atoms with Gasteiger partial charge in [0.2, 0.25) is 12.6 Å². The van der Waals surface area contributed by atoms with Crippen LogP contribution in [0.1, 0.15) is 240 Å². The molecule has 10 aromatic carbocycles. The number of esters is 3. The van der Waals surface area contributed by atoms with Crippen LogP contribution in [0.3, 0.4) is 0 Å². The molecule has 730 valence electrons. The smallest absolute Gasteiger partial charge is 0.470 e. The van der Waals surface area contributed by atoms with Crippen LogP contribution in [0, 0.1) is 34.5 Å². The van der Waals surface area contributed by atoms with Crippen LogP contribution in [0.4, 0.5) is 22.0 Å². The first-order chi connectivity index (χ1) is 63.1. The van der Waals surface area contributed by atoms with Gasteiger partial charge in [-0.15, -0.1) is 0 Å². The Morgan fingerprint density at radius 1 is 0.478 bits per heavy atom. The third-order valence-electron chi connectivity index (χ3n) is 23.9. The van der Waals surface area contributed by atoms with Crippen LogP contribution in [0.15, 0.2) is 245 Å². The minimum absolute atomic E-state index is 0.00168. The monoisotopic (exact) mass is 1910 g/mol. The maximum atomic E-state index is 13.0. The zero-order valence-corrected chi connectivity index (χ0v) is 83.1. The SMILES string of the molecule is CCC(C)C(=O)OCC(=O)OC1C2CC3C(=O)OC1C3C2.CCC(C)c1ccc(O)cc1.CCC(C)c1ccc(OC(OCC(F)(F)F)C(C)(C)C)cc1.CCC(C)c1ccc(OS(=O)(=O)C(F)(F)S(=O)(=O)[O-])cc1.CCC(C)c1ccc2cc(O)ccc2c1.CCOC(Oc1ccc2cc(C(C)CC)ccc2c1)C(C)(C)C.COc1ccc([S+](c2ccccc2)c2ccccc2)cc1. The van der Waals surface area contributed by atoms with Crippen molar-refractivity contribution in [2.75, 3.05) is 26.9 Å². The zero-order valence-electron chi connectivity index (χ0n) is 80.7. The summed E-state index contributed by atoms with van der Waals surface area (Å²) in [4.78, 5) is 38.9. The summed E-state index contributed by atoms with van der Waals surface area (Å²) in [5, 5.41) is 23.1. The summed E-state index contributed by atoms with van der Waals surface area (Å²) in [7, 11) is -10.7. The zero-order chi connectivity index (χ0) is 99.2. The van der Waals surface area contributed by atoms with Crippen molar-refractivity contribution in [3.8, 4) is 34.5 Å². The molecule has 0 spiro atoms. The molecule has 10 aromatic rings. The molecule has 1 heterocycles. The molecule has 2 N–H and O–H groups in total. The number of halogens is 5. The van der Waals surface area contributed by atoms with Crippen molar-refractivity contribution in [2.45, 2.75) is 263 Å². The van der Waals surface area contributed by atoms with Crippen LogP contribution in [-0.2, 0) is 69.2 Å². The number of phenols is 2. The van der Waals surface area contributed by atoms with Crippen LogP contribution in [0.25, 0.3) is 21.5 Å². The average Bonchev–Trinajstić information content (AvgIpc) is 1.57. The summed E-state index contributed by atoms with van der Waals surface area (Å²) < 4.78 is 158. The molecule has 3 aliphatic rings. The van der Waals surface area contributed by atoms with E-state index in [9.17, 15) is 62.8 Å². The Bertz CT molecular complexity index is 5490. The number of fused-ring (bicyclic) bond motifs is 3. The van der Waals surface area contributed by atoms with E-state index in [1.54, 1.807) is 71.2 Å². The summed E-state index contributed by atoms with van der Waals surface area (Å²) in [6.45, 7) is 37.7. The molecule has 19 nitrogen and oxygen atoms in total. The largest absolute Gasteiger partial charge is 0.742 e. The highest BCUT2D eigenvalue weighted by molar-refractivity contribution is 8.05. The lowest BCUT2D eigenvalue weighted by atomic mass is 9.88. The molecule has 13 atom stereocenters. The molecule has 1 saturated heterocycles. The van der Waals surface area contributed by atoms with E-state index in [0.717, 1.165) is 79.5 Å². The van der Waals surface area contributed by atoms with E-state index < -0.39 is 67.0 Å². The second-order valence-corrected chi connectivity index (χ2v) is 41.5. The van der Waals surface area contributed by atoms with Gasteiger partial charge in [0.05, 0.1) is 29.8 Å². The van der Waals surface area contributed by atoms with E-state index in [4.69, 9.17) is 43.0 Å². The number of carbonyl (C=O) groups excluding carboxylic acids is 3. The number of carbonyl (C=O) groups is 3. The number of rotatable bonds is 31. The standard InChI is InChI=1S/C21H30O2.C19H17OS.C17H25F3O2.C15H20O6.C14H16O.C11H14F2O6S2.C10H14O/c1-7-15(3)16-9-10-18-14-19(12-11-17(18)13-16)23-20(22-8-2)21(4,5)6;1-20-16-12-14-19(15-13-16)21(17-8-4-2-5-9-17)18-10-6-3-7-11-18;1-6-12(2)13-7-9-14(10-8-13)22-15(16(3,4)5)21-11-17(18,19)20;1-3-7(2)14(17)19-6-11(16)20-12-8-4-9-10(5-8)15(18)21-13(9)12;1-3-10(2)11-4-5-13-9-14(15)7-6-12(13)8-11;1-3-8(2)9-4-6-10(7-5-9)19-21(17,18)11(12,13)20(14,15)16;1-3-8(2)9-4-6-10(11)7-5-9/h9-15,20H,7-8H2,1-6H3;2-15H,1H3;7-10,12,15H,6,11H2,1-5H3;7-10,12-13H,3-6H2,1-2H3;4-10,15H,3H2,1-2H3;4-8H,3H2,1-2H3,(H,14,15,16);4-8,11H,3H2,1-2H3/q;+1;;;;;/p-1. The topological polar surface area (TPSA) is 266 Å². The van der Waals surface area contributed by atoms with Crippen LogP contribution in [-0.4, -0.2) is 112 Å². The predicted octanol–water partition coefficient (Wildman–Crippen LogP) is 26.5. The van der Waals surface area contributed by atoms with Gasteiger partial charge in [-0.3, -0.25) is 9.59 Å². The fourth-order valence-corrected chi connectivity index (χ4v) is 18.2. The first-order valence-corrected chi connectivity index (χ1v) is 49.9. The Morgan fingerprint density at radius 2 is 0.873 bits per heavy atom. The number of hydrogen-bond donors (Lipinski definition) is 2. The molecular formula is C107H135F5O19S3. The number of hydrogen-bond acceptors (Lipinski definition) is 19. The quantitative estimate of drug-likeness (QED) is 0.00777. The highest BCUT2D eigenvalue weighted by Gasteiger charge is 2.63. The lowest BCUT2D eigenvalue weighted by Gasteiger charge is -2.31. The van der Waals surface area contributed by atoms with Gasteiger partial charge in [0, 0.05) is 29.3 Å². The van der Waals surface area contributed by atoms with Crippen LogP contribution < -0.4 is 18.4 Å². The third kappa shape index (κ3) is 32.7. The normalized spacial score (nSPS) is 17.4. The molecule has 0 amide bonds. The molecule has 13 unspecified atom stereocenters. The minimum atomic E-state index is -6.40. The molecule has 1 aliphatic heterocycles. The van der Waals surface area contributed by atoms with Crippen molar-refractivity contribution in [3.05, 3.63) is 258 Å². The van der Waals surface area contributed by atoms with Crippen molar-refractivity contribution >= 4 is 70.6 Å². The lowest BCUT2D eigenvalue weighted by Crippen LogP contribution is -2.40. The number of phenolic OH excluding ortho intramolecular Hbond substituents is 2. The summed E-state index contributed by atoms with van der Waals surface area (Å²) in [5.74, 6) is 3.88. The van der Waals surface area contributed by atoms with E-state index in [1.165, 1.54) is 65.2 Å². The van der Waals surface area contributed by atoms with E-state index >= 15 is 0 Å². The van der Waals surface area contributed by atoms with Gasteiger partial charge in [-0.05, 0) is 246 Å². The van der Waals surface area contributed by atoms with Gasteiger partial charge in [0.1, 0.15) is 53.3 Å². The van der Waals surface area contributed by atoms with Gasteiger partial charge < -0.3 is 56.8 Å². The molecule has 27 heteroatoms. The number of benzene rings is 10. The second kappa shape index (κ2) is 51.0. The third-order valence-corrected chi connectivity index (χ3v) is 29.0. The fourth-order valence-electron chi connectivity index (χ4n) is 14.6. The lowest BCUT2D eigenvalue weighted by molar-refractivity contribution is -0.230. The van der Waals surface area contributed by atoms with Crippen molar-refractivity contribution in [3.63, 3.8) is 0 Å². The van der Waals surface area contributed by atoms with Gasteiger partial charge in [-0.1, -0.05) is 246 Å². The summed E-state index contributed by atoms with van der Waals surface area (Å²) in [5.41, 5.74) is 5.44. The first kappa shape index (κ1) is 111. The molecule has 0 aromatic heterocycles. The van der Waals surface area contributed by atoms with Crippen molar-refractivity contribution < 1.29 is 110 Å². The Labute approximate surface area is 792 Å². The second-order valence-electron chi connectivity index (χ2n) is 36.2. The van der Waals surface area contributed by atoms with Gasteiger partial charge in [-0.25, -0.2) is 13.2 Å². The maximum absolute atomic E-state index is 13.0. The average molecular weight is 1920 g/mol. The predicted molar refractivity (Wildman–Crippen MR) is 518 cm³/mol. The summed E-state index contributed by atoms with van der Waals surface area (Å²) in [6, 6.07) is 74.6. The number of aromatic hydroxyl groups is 2. The fraction of sp³-hybridized carbons (Fsp3) is 0.449. The molecule has 2 bridgehead atoms. The van der Waals surface area contributed by atoms with Gasteiger partial charge >= 0.3 is 38.8 Å². The Hall–Kier alpha value is -10.3. The first-order valence-electron chi connectivity index (χ1n) is 45.8. The Balaban J connectivity index is 0.000000215. The van der Waals surface area contributed by atoms with E-state index in [0.29, 0.717) is 53.9 Å². The number of ether oxygens (including phenoxy) is 8. The number of alkyl halides is 5. The van der Waals surface area contributed by atoms with Crippen molar-refractivity contribution in [1.29, 1.82) is 0 Å². The van der Waals surface area contributed by atoms with Gasteiger partial charge in [-0.2, -0.15) is 30.4 Å². The van der Waals surface area contributed by atoms with Crippen LogP contribution in [0.5, 0.6) is 34.5 Å². The maximum Gasteiger partial charge on any atom is 0.470 e. The Kier molecular flexibility index (Phi) is 42.2. The van der Waals surface area contributed by atoms with Gasteiger partial charge in [0.25, 0.3) is 0 Å². The van der Waals surface area contributed by atoms with Gasteiger partial charge in [0.15, 0.2) is 31.4 Å². The van der Waals surface area contributed by atoms with Crippen LogP contribution >= 0.6 is 0 Å². The van der Waals surface area contributed by atoms with E-state index in [1.807, 2.05) is 76.2 Å². The van der Waals surface area contributed by atoms with E-state index in [2.05, 4.69) is 202 Å². The van der Waals surface area contributed by atoms with E-state index in [-0.39, 0.29) is 77.0 Å². The van der Waals surface area contributed by atoms with Crippen LogP contribution in [0.2, 0.25) is 0 Å². The Morgan fingerprint density at radius 3 is 1.32 bits per heavy atom.